The first-order chi connectivity index (χ1) is 14.2. The van der Waals surface area contributed by atoms with Gasteiger partial charge in [0.25, 0.3) is 5.91 Å². The van der Waals surface area contributed by atoms with E-state index in [4.69, 9.17) is 4.74 Å². The molecule has 2 aromatic carbocycles. The Morgan fingerprint density at radius 2 is 1.93 bits per heavy atom. The molecule has 29 heavy (non-hydrogen) atoms. The van der Waals surface area contributed by atoms with Gasteiger partial charge in [-0.25, -0.2) is 4.98 Å². The largest absolute Gasteiger partial charge is 0.493 e. The quantitative estimate of drug-likeness (QED) is 0.709. The Morgan fingerprint density at radius 1 is 1.17 bits per heavy atom. The maximum absolute atomic E-state index is 13.3. The second-order valence-corrected chi connectivity index (χ2v) is 7.31. The summed E-state index contributed by atoms with van der Waals surface area (Å²) in [6.45, 7) is 5.29. The molecule has 0 radical (unpaired) electrons. The smallest absolute Gasteiger partial charge is 0.257 e. The van der Waals surface area contributed by atoms with Crippen molar-refractivity contribution in [2.45, 2.75) is 38.8 Å². The summed E-state index contributed by atoms with van der Waals surface area (Å²) in [4.78, 5) is 24.4. The lowest BCUT2D eigenvalue weighted by atomic mass is 9.96. The topological polar surface area (TPSA) is 67.3 Å². The summed E-state index contributed by atoms with van der Waals surface area (Å²) in [5.41, 5.74) is 2.35. The highest BCUT2D eigenvalue weighted by molar-refractivity contribution is 5.97. The highest BCUT2D eigenvalue weighted by Crippen LogP contribution is 2.26. The molecule has 1 N–H and O–H groups in total. The molecule has 4 rings (SSSR count). The average Bonchev–Trinajstić information content (AvgIpc) is 2.75. The monoisotopic (exact) mass is 390 g/mol. The van der Waals surface area contributed by atoms with Crippen LogP contribution in [0, 0.1) is 0 Å². The predicted molar refractivity (Wildman–Crippen MR) is 114 cm³/mol. The van der Waals surface area contributed by atoms with Gasteiger partial charge in [0.05, 0.1) is 29.4 Å². The van der Waals surface area contributed by atoms with Crippen LogP contribution >= 0.6 is 0 Å². The predicted octanol–water partition coefficient (Wildman–Crippen LogP) is 4.13. The molecule has 1 amide bonds. The number of rotatable bonds is 5. The molecule has 0 aliphatic carbocycles. The van der Waals surface area contributed by atoms with Gasteiger partial charge in [-0.1, -0.05) is 24.3 Å². The number of anilines is 1. The first-order valence-electron chi connectivity index (χ1n) is 10.2. The minimum absolute atomic E-state index is 0.0117. The SMILES string of the molecule is CCOc1ccccc1C(=O)N1CCC[C@H](Nc2cnc3ccccc3n2)[C@H]1C. The number of carbonyl (C=O) groups is 1. The summed E-state index contributed by atoms with van der Waals surface area (Å²) in [5.74, 6) is 1.39. The molecule has 0 saturated carbocycles. The van der Waals surface area contributed by atoms with E-state index in [1.165, 1.54) is 0 Å². The van der Waals surface area contributed by atoms with Crippen molar-refractivity contribution in [2.75, 3.05) is 18.5 Å². The van der Waals surface area contributed by atoms with E-state index in [9.17, 15) is 4.79 Å². The molecule has 6 heteroatoms. The van der Waals surface area contributed by atoms with Gasteiger partial charge in [-0.3, -0.25) is 9.78 Å². The van der Waals surface area contributed by atoms with Crippen molar-refractivity contribution in [3.05, 3.63) is 60.3 Å². The molecule has 1 aliphatic rings. The standard InChI is InChI=1S/C23H26N4O2/c1-3-29-21-13-7-4-9-17(21)23(28)27-14-8-12-18(16(27)2)25-22-15-24-19-10-5-6-11-20(19)26-22/h4-7,9-11,13,15-16,18H,3,8,12,14H2,1-2H3,(H,25,26)/t16-,18+/m1/s1. The number of ether oxygens (including phenoxy) is 1. The van der Waals surface area contributed by atoms with Crippen molar-refractivity contribution in [2.24, 2.45) is 0 Å². The molecule has 2 atom stereocenters. The van der Waals surface area contributed by atoms with Crippen LogP contribution in [0.5, 0.6) is 5.75 Å². The lowest BCUT2D eigenvalue weighted by Gasteiger charge is -2.40. The Morgan fingerprint density at radius 3 is 2.76 bits per heavy atom. The van der Waals surface area contributed by atoms with Crippen LogP contribution in [0.25, 0.3) is 11.0 Å². The highest BCUT2D eigenvalue weighted by atomic mass is 16.5. The number of para-hydroxylation sites is 3. The van der Waals surface area contributed by atoms with Gasteiger partial charge in [-0.15, -0.1) is 0 Å². The zero-order valence-electron chi connectivity index (χ0n) is 16.8. The van der Waals surface area contributed by atoms with Crippen LogP contribution in [0.15, 0.2) is 54.7 Å². The van der Waals surface area contributed by atoms with Crippen molar-refractivity contribution < 1.29 is 9.53 Å². The second kappa shape index (κ2) is 8.47. The van der Waals surface area contributed by atoms with Crippen molar-refractivity contribution in [3.8, 4) is 5.75 Å². The lowest BCUT2D eigenvalue weighted by molar-refractivity contribution is 0.0612. The Bertz CT molecular complexity index is 1010. The van der Waals surface area contributed by atoms with Crippen LogP contribution in [-0.4, -0.2) is 46.0 Å². The van der Waals surface area contributed by atoms with Gasteiger partial charge in [0, 0.05) is 18.6 Å². The van der Waals surface area contributed by atoms with E-state index in [0.717, 1.165) is 36.2 Å². The van der Waals surface area contributed by atoms with Gasteiger partial charge >= 0.3 is 0 Å². The zero-order valence-corrected chi connectivity index (χ0v) is 16.8. The normalized spacial score (nSPS) is 19.2. The maximum atomic E-state index is 13.3. The molecule has 150 valence electrons. The molecule has 1 fully saturated rings. The third-order valence-electron chi connectivity index (χ3n) is 5.45. The third kappa shape index (κ3) is 4.01. The van der Waals surface area contributed by atoms with E-state index >= 15 is 0 Å². The minimum atomic E-state index is 0.0117. The number of hydrogen-bond donors (Lipinski definition) is 1. The molecule has 1 aromatic heterocycles. The van der Waals surface area contributed by atoms with Crippen LogP contribution in [0.4, 0.5) is 5.82 Å². The number of nitrogens with one attached hydrogen (secondary N) is 1. The van der Waals surface area contributed by atoms with Crippen molar-refractivity contribution >= 4 is 22.8 Å². The first kappa shape index (κ1) is 19.2. The molecule has 2 heterocycles. The summed E-state index contributed by atoms with van der Waals surface area (Å²) in [6.07, 6.45) is 3.68. The fourth-order valence-electron chi connectivity index (χ4n) is 3.92. The summed E-state index contributed by atoms with van der Waals surface area (Å²) in [6, 6.07) is 15.4. The summed E-state index contributed by atoms with van der Waals surface area (Å²) < 4.78 is 5.67. The molecule has 0 bridgehead atoms. The Balaban J connectivity index is 1.53. The molecular weight excluding hydrogens is 364 g/mol. The number of aromatic nitrogens is 2. The number of amides is 1. The van der Waals surface area contributed by atoms with E-state index in [1.54, 1.807) is 6.20 Å². The molecule has 1 saturated heterocycles. The Hall–Kier alpha value is -3.15. The highest BCUT2D eigenvalue weighted by Gasteiger charge is 2.32. The van der Waals surface area contributed by atoms with E-state index in [1.807, 2.05) is 60.4 Å². The van der Waals surface area contributed by atoms with Gasteiger partial charge in [-0.05, 0) is 51.0 Å². The van der Waals surface area contributed by atoms with Crippen LogP contribution in [0.3, 0.4) is 0 Å². The van der Waals surface area contributed by atoms with Crippen molar-refractivity contribution in [1.29, 1.82) is 0 Å². The number of fused-ring (bicyclic) bond motifs is 1. The number of likely N-dealkylation sites (tertiary alicyclic amines) is 1. The van der Waals surface area contributed by atoms with E-state index in [2.05, 4.69) is 22.2 Å². The van der Waals surface area contributed by atoms with Gasteiger partial charge < -0.3 is 15.0 Å². The first-order valence-corrected chi connectivity index (χ1v) is 10.2. The van der Waals surface area contributed by atoms with Gasteiger partial charge in [0.1, 0.15) is 11.6 Å². The van der Waals surface area contributed by atoms with Gasteiger partial charge in [0.15, 0.2) is 0 Å². The number of hydrogen-bond acceptors (Lipinski definition) is 5. The third-order valence-corrected chi connectivity index (χ3v) is 5.45. The summed E-state index contributed by atoms with van der Waals surface area (Å²) in [7, 11) is 0. The van der Waals surface area contributed by atoms with Gasteiger partial charge in [-0.2, -0.15) is 0 Å². The fraction of sp³-hybridized carbons (Fsp3) is 0.348. The van der Waals surface area contributed by atoms with Crippen LogP contribution in [0.1, 0.15) is 37.0 Å². The maximum Gasteiger partial charge on any atom is 0.257 e. The molecule has 1 aliphatic heterocycles. The second-order valence-electron chi connectivity index (χ2n) is 7.31. The number of benzene rings is 2. The molecular formula is C23H26N4O2. The molecule has 3 aromatic rings. The molecule has 6 nitrogen and oxygen atoms in total. The number of piperidine rings is 1. The van der Waals surface area contributed by atoms with E-state index < -0.39 is 0 Å². The molecule has 0 unspecified atom stereocenters. The van der Waals surface area contributed by atoms with E-state index in [0.29, 0.717) is 17.9 Å². The van der Waals surface area contributed by atoms with Gasteiger partial charge in [0.2, 0.25) is 0 Å². The minimum Gasteiger partial charge on any atom is -0.493 e. The summed E-state index contributed by atoms with van der Waals surface area (Å²) in [5, 5.41) is 3.50. The Kier molecular flexibility index (Phi) is 5.60. The van der Waals surface area contributed by atoms with Crippen molar-refractivity contribution in [3.63, 3.8) is 0 Å². The van der Waals surface area contributed by atoms with Crippen LogP contribution < -0.4 is 10.1 Å². The number of nitrogens with zero attached hydrogens (tertiary/aromatic N) is 3. The van der Waals surface area contributed by atoms with Crippen molar-refractivity contribution in [1.82, 2.24) is 14.9 Å². The van der Waals surface area contributed by atoms with Crippen LogP contribution in [-0.2, 0) is 0 Å². The lowest BCUT2D eigenvalue weighted by Crippen LogP contribution is -2.52. The fourth-order valence-corrected chi connectivity index (χ4v) is 3.92. The van der Waals surface area contributed by atoms with E-state index in [-0.39, 0.29) is 18.0 Å². The summed E-state index contributed by atoms with van der Waals surface area (Å²) >= 11 is 0. The molecule has 0 spiro atoms. The average molecular weight is 390 g/mol. The Labute approximate surface area is 170 Å². The number of carbonyl (C=O) groups excluding carboxylic acids is 1. The zero-order chi connectivity index (χ0) is 20.2. The van der Waals surface area contributed by atoms with Crippen LogP contribution in [0.2, 0.25) is 0 Å².